The fraction of sp³-hybridized carbons (Fsp3) is 0.263. The number of carbonyl (C=O) groups is 1. The molecule has 6 nitrogen and oxygen atoms in total. The topological polar surface area (TPSA) is 80.9 Å². The van der Waals surface area contributed by atoms with Gasteiger partial charge in [-0.1, -0.05) is 34.1 Å². The third-order valence-corrected chi connectivity index (χ3v) is 4.31. The Morgan fingerprint density at radius 2 is 2.04 bits per heavy atom. The molecule has 0 atom stereocenters. The molecule has 134 valence electrons. The molecule has 0 aliphatic carbocycles. The molecule has 0 saturated carbocycles. The van der Waals surface area contributed by atoms with E-state index >= 15 is 0 Å². The number of carbonyl (C=O) groups excluding carboxylic acids is 1. The number of hydrogen-bond acceptors (Lipinski definition) is 5. The van der Waals surface area contributed by atoms with Crippen molar-refractivity contribution in [1.82, 2.24) is 15.1 Å². The largest absolute Gasteiger partial charge is 0.339 e. The fourth-order valence-corrected chi connectivity index (χ4v) is 3.09. The van der Waals surface area contributed by atoms with Gasteiger partial charge in [-0.3, -0.25) is 4.79 Å². The number of nitrogens with one attached hydrogen (secondary N) is 1. The molecule has 7 heteroatoms. The van der Waals surface area contributed by atoms with E-state index in [1.54, 1.807) is 12.1 Å². The zero-order valence-electron chi connectivity index (χ0n) is 14.8. The van der Waals surface area contributed by atoms with E-state index in [4.69, 9.17) is 4.52 Å². The molecule has 1 N–H and O–H groups in total. The van der Waals surface area contributed by atoms with Crippen LogP contribution in [0.3, 0.4) is 0 Å². The van der Waals surface area contributed by atoms with Gasteiger partial charge in [-0.05, 0) is 50.1 Å². The van der Waals surface area contributed by atoms with Gasteiger partial charge in [0.15, 0.2) is 0 Å². The molecule has 0 saturated heterocycles. The molecule has 0 bridgehead atoms. The molecule has 3 rings (SSSR count). The Kier molecular flexibility index (Phi) is 5.46. The zero-order chi connectivity index (χ0) is 18.7. The van der Waals surface area contributed by atoms with Crippen LogP contribution >= 0.6 is 15.9 Å². The number of halogens is 1. The van der Waals surface area contributed by atoms with Gasteiger partial charge in [0.05, 0.1) is 5.56 Å². The van der Waals surface area contributed by atoms with E-state index in [-0.39, 0.29) is 5.91 Å². The van der Waals surface area contributed by atoms with Crippen LogP contribution < -0.4 is 5.32 Å². The summed E-state index contributed by atoms with van der Waals surface area (Å²) >= 11 is 3.38. The number of benzene rings is 1. The van der Waals surface area contributed by atoms with Crippen LogP contribution in [0, 0.1) is 13.8 Å². The van der Waals surface area contributed by atoms with Crippen LogP contribution in [0.2, 0.25) is 0 Å². The first-order chi connectivity index (χ1) is 12.5. The summed E-state index contributed by atoms with van der Waals surface area (Å²) in [6, 6.07) is 9.11. The van der Waals surface area contributed by atoms with Crippen molar-refractivity contribution in [2.24, 2.45) is 0 Å². The van der Waals surface area contributed by atoms with Gasteiger partial charge in [0, 0.05) is 22.2 Å². The van der Waals surface area contributed by atoms with Crippen molar-refractivity contribution in [2.45, 2.75) is 33.6 Å². The van der Waals surface area contributed by atoms with Crippen molar-refractivity contribution >= 4 is 27.7 Å². The zero-order valence-corrected chi connectivity index (χ0v) is 16.4. The predicted octanol–water partition coefficient (Wildman–Crippen LogP) is 4.72. The minimum Gasteiger partial charge on any atom is -0.339 e. The van der Waals surface area contributed by atoms with Crippen molar-refractivity contribution in [1.29, 1.82) is 0 Å². The van der Waals surface area contributed by atoms with Crippen LogP contribution in [-0.2, 0) is 6.42 Å². The second-order valence-corrected chi connectivity index (χ2v) is 6.95. The van der Waals surface area contributed by atoms with Crippen molar-refractivity contribution in [3.05, 3.63) is 57.5 Å². The summed E-state index contributed by atoms with van der Waals surface area (Å²) in [7, 11) is 0. The number of hydrogen-bond donors (Lipinski definition) is 1. The fourth-order valence-electron chi connectivity index (χ4n) is 2.69. The average molecular weight is 415 g/mol. The van der Waals surface area contributed by atoms with Crippen LogP contribution in [0.4, 0.5) is 5.82 Å². The van der Waals surface area contributed by atoms with Crippen molar-refractivity contribution in [3.63, 3.8) is 0 Å². The summed E-state index contributed by atoms with van der Waals surface area (Å²) in [4.78, 5) is 21.6. The van der Waals surface area contributed by atoms with Gasteiger partial charge in [0.1, 0.15) is 5.82 Å². The molecule has 2 aromatic heterocycles. The second-order valence-electron chi connectivity index (χ2n) is 6.03. The van der Waals surface area contributed by atoms with E-state index in [0.29, 0.717) is 35.1 Å². The summed E-state index contributed by atoms with van der Waals surface area (Å²) in [5.41, 5.74) is 2.93. The molecule has 1 amide bonds. The van der Waals surface area contributed by atoms with Crippen LogP contribution in [-0.4, -0.2) is 21.0 Å². The number of amides is 1. The highest BCUT2D eigenvalue weighted by Crippen LogP contribution is 2.29. The van der Waals surface area contributed by atoms with Gasteiger partial charge >= 0.3 is 0 Å². The van der Waals surface area contributed by atoms with Gasteiger partial charge in [-0.15, -0.1) is 0 Å². The van der Waals surface area contributed by atoms with E-state index in [1.807, 2.05) is 39.0 Å². The van der Waals surface area contributed by atoms with Gasteiger partial charge in [-0.2, -0.15) is 4.98 Å². The third kappa shape index (κ3) is 3.99. The minimum absolute atomic E-state index is 0.248. The maximum atomic E-state index is 12.6. The lowest BCUT2D eigenvalue weighted by molar-refractivity contribution is 0.102. The normalized spacial score (nSPS) is 10.8. The average Bonchev–Trinajstić information content (AvgIpc) is 3.02. The Hall–Kier alpha value is -2.54. The maximum absolute atomic E-state index is 12.6. The van der Waals surface area contributed by atoms with Gasteiger partial charge in [-0.25, -0.2) is 4.98 Å². The second kappa shape index (κ2) is 7.78. The Morgan fingerprint density at radius 3 is 2.77 bits per heavy atom. The van der Waals surface area contributed by atoms with Gasteiger partial charge in [0.25, 0.3) is 5.91 Å². The first-order valence-corrected chi connectivity index (χ1v) is 9.15. The van der Waals surface area contributed by atoms with E-state index in [0.717, 1.165) is 22.2 Å². The molecule has 26 heavy (non-hydrogen) atoms. The highest BCUT2D eigenvalue weighted by molar-refractivity contribution is 9.10. The molecule has 0 aliphatic rings. The number of anilines is 1. The third-order valence-electron chi connectivity index (χ3n) is 3.82. The first kappa shape index (κ1) is 18.3. The number of pyridine rings is 1. The van der Waals surface area contributed by atoms with E-state index < -0.39 is 0 Å². The molecule has 2 heterocycles. The number of aryl methyl sites for hydroxylation is 3. The molecule has 0 radical (unpaired) electrons. The van der Waals surface area contributed by atoms with E-state index in [2.05, 4.69) is 36.4 Å². The van der Waals surface area contributed by atoms with Gasteiger partial charge < -0.3 is 9.84 Å². The Morgan fingerprint density at radius 1 is 1.23 bits per heavy atom. The number of rotatable bonds is 5. The lowest BCUT2D eigenvalue weighted by Crippen LogP contribution is -2.15. The van der Waals surface area contributed by atoms with Crippen molar-refractivity contribution in [2.75, 3.05) is 5.32 Å². The van der Waals surface area contributed by atoms with Crippen molar-refractivity contribution < 1.29 is 9.32 Å². The molecular weight excluding hydrogens is 396 g/mol. The van der Waals surface area contributed by atoms with E-state index in [1.165, 1.54) is 0 Å². The van der Waals surface area contributed by atoms with Crippen LogP contribution in [0.25, 0.3) is 11.4 Å². The summed E-state index contributed by atoms with van der Waals surface area (Å²) < 4.78 is 6.13. The summed E-state index contributed by atoms with van der Waals surface area (Å²) in [5, 5.41) is 6.95. The molecule has 0 fully saturated rings. The smallest absolute Gasteiger partial charge is 0.256 e. The van der Waals surface area contributed by atoms with Gasteiger partial charge in [0.2, 0.25) is 11.7 Å². The van der Waals surface area contributed by atoms with Crippen LogP contribution in [0.5, 0.6) is 0 Å². The minimum atomic E-state index is -0.248. The highest BCUT2D eigenvalue weighted by Gasteiger charge is 2.19. The summed E-state index contributed by atoms with van der Waals surface area (Å²) in [5.74, 6) is 1.19. The van der Waals surface area contributed by atoms with Crippen LogP contribution in [0.15, 0.2) is 39.3 Å². The standard InChI is InChI=1S/C19H19BrN4O2/c1-4-6-15-22-18(24-26-15)16-11(2)9-12(3)21-17(16)23-19(25)13-7-5-8-14(20)10-13/h5,7-10H,4,6H2,1-3H3,(H,21,23,25). The molecule has 0 aliphatic heterocycles. The van der Waals surface area contributed by atoms with Crippen LogP contribution in [0.1, 0.15) is 40.9 Å². The first-order valence-electron chi connectivity index (χ1n) is 8.36. The molecule has 1 aromatic carbocycles. The number of aromatic nitrogens is 3. The molecule has 3 aromatic rings. The number of nitrogens with zero attached hydrogens (tertiary/aromatic N) is 3. The predicted molar refractivity (Wildman–Crippen MR) is 103 cm³/mol. The lowest BCUT2D eigenvalue weighted by atomic mass is 10.1. The lowest BCUT2D eigenvalue weighted by Gasteiger charge is -2.12. The molecule has 0 unspecified atom stereocenters. The van der Waals surface area contributed by atoms with E-state index in [9.17, 15) is 4.79 Å². The Bertz CT molecular complexity index is 952. The summed E-state index contributed by atoms with van der Waals surface area (Å²) in [6.07, 6.45) is 1.63. The maximum Gasteiger partial charge on any atom is 0.256 e. The molecular formula is C19H19BrN4O2. The molecule has 0 spiro atoms. The highest BCUT2D eigenvalue weighted by atomic mass is 79.9. The monoisotopic (exact) mass is 414 g/mol. The Labute approximate surface area is 160 Å². The van der Waals surface area contributed by atoms with Crippen molar-refractivity contribution in [3.8, 4) is 11.4 Å². The SMILES string of the molecule is CCCc1nc(-c2c(C)cc(C)nc2NC(=O)c2cccc(Br)c2)no1. The quantitative estimate of drug-likeness (QED) is 0.653. The Balaban J connectivity index is 1.99. The summed E-state index contributed by atoms with van der Waals surface area (Å²) in [6.45, 7) is 5.87.